The summed E-state index contributed by atoms with van der Waals surface area (Å²) in [6.07, 6.45) is 0.673. The average molecular weight is 264 g/mol. The number of esters is 1. The van der Waals surface area contributed by atoms with E-state index in [1.54, 1.807) is 20.8 Å². The van der Waals surface area contributed by atoms with Crippen LogP contribution in [0.25, 0.3) is 0 Å². The Kier molecular flexibility index (Phi) is 3.18. The molecule has 19 heavy (non-hydrogen) atoms. The van der Waals surface area contributed by atoms with Crippen LogP contribution in [-0.2, 0) is 11.2 Å². The Bertz CT molecular complexity index is 546. The second-order valence-electron chi connectivity index (χ2n) is 5.46. The van der Waals surface area contributed by atoms with Crippen LogP contribution >= 0.6 is 0 Å². The molecule has 2 rings (SSSR count). The number of rotatable bonds is 2. The highest BCUT2D eigenvalue weighted by molar-refractivity contribution is 5.98. The van der Waals surface area contributed by atoms with Gasteiger partial charge < -0.3 is 10.1 Å². The molecule has 0 fully saturated rings. The molecule has 1 aromatic carbocycles. The number of hydrogen-bond donors (Lipinski definition) is 1. The van der Waals surface area contributed by atoms with E-state index in [0.717, 1.165) is 5.56 Å². The molecular formula is C13H16N2O4. The smallest absolute Gasteiger partial charge is 0.341 e. The number of hydrogen-bond acceptors (Lipinski definition) is 5. The quantitative estimate of drug-likeness (QED) is 0.504. The molecule has 0 saturated heterocycles. The maximum atomic E-state index is 12.1. The number of benzene rings is 1. The molecule has 1 heterocycles. The van der Waals surface area contributed by atoms with E-state index in [4.69, 9.17) is 4.74 Å². The number of anilines is 1. The van der Waals surface area contributed by atoms with Gasteiger partial charge in [-0.2, -0.15) is 0 Å². The zero-order valence-corrected chi connectivity index (χ0v) is 11.1. The summed E-state index contributed by atoms with van der Waals surface area (Å²) < 4.78 is 5.28. The largest absolute Gasteiger partial charge is 0.456 e. The zero-order valence-electron chi connectivity index (χ0n) is 11.1. The number of nitro groups is 1. The molecule has 1 aromatic rings. The molecule has 1 aliphatic rings. The first-order valence-electron chi connectivity index (χ1n) is 6.06. The van der Waals surface area contributed by atoms with Crippen LogP contribution in [0.4, 0.5) is 11.4 Å². The van der Waals surface area contributed by atoms with Crippen molar-refractivity contribution < 1.29 is 14.5 Å². The number of fused-ring (bicyclic) bond motifs is 1. The minimum absolute atomic E-state index is 0.0803. The molecule has 1 aliphatic heterocycles. The Labute approximate surface area is 110 Å². The number of nitrogens with zero attached hydrogens (tertiary/aromatic N) is 1. The molecule has 6 nitrogen and oxygen atoms in total. The first-order chi connectivity index (χ1) is 8.78. The Balaban J connectivity index is 2.44. The van der Waals surface area contributed by atoms with Crippen LogP contribution in [0.15, 0.2) is 12.1 Å². The number of ether oxygens (including phenoxy) is 1. The van der Waals surface area contributed by atoms with Gasteiger partial charge in [0.25, 0.3) is 5.69 Å². The third-order valence-electron chi connectivity index (χ3n) is 2.73. The van der Waals surface area contributed by atoms with E-state index < -0.39 is 16.5 Å². The summed E-state index contributed by atoms with van der Waals surface area (Å²) >= 11 is 0. The monoisotopic (exact) mass is 264 g/mol. The Morgan fingerprint density at radius 1 is 1.42 bits per heavy atom. The van der Waals surface area contributed by atoms with Gasteiger partial charge in [0.15, 0.2) is 0 Å². The number of nitro benzene ring substituents is 1. The molecule has 0 spiro atoms. The van der Waals surface area contributed by atoms with Crippen LogP contribution in [-0.4, -0.2) is 23.0 Å². The van der Waals surface area contributed by atoms with Crippen molar-refractivity contribution in [3.05, 3.63) is 33.4 Å². The third-order valence-corrected chi connectivity index (χ3v) is 2.73. The van der Waals surface area contributed by atoms with Crippen molar-refractivity contribution in [1.29, 1.82) is 0 Å². The van der Waals surface area contributed by atoms with Crippen LogP contribution in [0, 0.1) is 10.1 Å². The molecule has 6 heteroatoms. The lowest BCUT2D eigenvalue weighted by Gasteiger charge is -2.20. The number of nitrogens with one attached hydrogen (secondary N) is 1. The second-order valence-corrected chi connectivity index (χ2v) is 5.46. The molecule has 102 valence electrons. The lowest BCUT2D eigenvalue weighted by atomic mass is 10.1. The van der Waals surface area contributed by atoms with Gasteiger partial charge in [-0.15, -0.1) is 0 Å². The van der Waals surface area contributed by atoms with Gasteiger partial charge in [0.2, 0.25) is 0 Å². The maximum Gasteiger partial charge on any atom is 0.341 e. The van der Waals surface area contributed by atoms with E-state index in [9.17, 15) is 14.9 Å². The molecule has 0 atom stereocenters. The van der Waals surface area contributed by atoms with Crippen molar-refractivity contribution >= 4 is 17.3 Å². The number of carbonyl (C=O) groups excluding carboxylic acids is 1. The molecule has 0 aliphatic carbocycles. The normalized spacial score (nSPS) is 13.6. The van der Waals surface area contributed by atoms with E-state index in [0.29, 0.717) is 18.7 Å². The fourth-order valence-corrected chi connectivity index (χ4v) is 2.01. The first-order valence-corrected chi connectivity index (χ1v) is 6.06. The lowest BCUT2D eigenvalue weighted by molar-refractivity contribution is -0.384. The van der Waals surface area contributed by atoms with E-state index in [1.165, 1.54) is 12.1 Å². The average Bonchev–Trinajstić information content (AvgIpc) is 2.72. The summed E-state index contributed by atoms with van der Waals surface area (Å²) in [7, 11) is 0. The van der Waals surface area contributed by atoms with Crippen LogP contribution in [0.2, 0.25) is 0 Å². The van der Waals surface area contributed by atoms with Gasteiger partial charge in [0, 0.05) is 18.7 Å². The highest BCUT2D eigenvalue weighted by Crippen LogP contribution is 2.32. The fourth-order valence-electron chi connectivity index (χ4n) is 2.01. The van der Waals surface area contributed by atoms with Gasteiger partial charge in [-0.1, -0.05) is 0 Å². The summed E-state index contributed by atoms with van der Waals surface area (Å²) in [6, 6.07) is 2.77. The zero-order chi connectivity index (χ0) is 14.2. The van der Waals surface area contributed by atoms with Gasteiger partial charge >= 0.3 is 5.97 Å². The number of non-ortho nitro benzene ring substituents is 1. The molecule has 0 radical (unpaired) electrons. The van der Waals surface area contributed by atoms with Crippen LogP contribution in [0.1, 0.15) is 36.7 Å². The Hall–Kier alpha value is -2.11. The minimum Gasteiger partial charge on any atom is -0.456 e. The topological polar surface area (TPSA) is 81.5 Å². The van der Waals surface area contributed by atoms with Crippen LogP contribution in [0.5, 0.6) is 0 Å². The molecule has 0 saturated carbocycles. The molecular weight excluding hydrogens is 248 g/mol. The van der Waals surface area contributed by atoms with E-state index in [1.807, 2.05) is 0 Å². The van der Waals surface area contributed by atoms with E-state index in [-0.39, 0.29) is 11.3 Å². The number of carbonyl (C=O) groups is 1. The van der Waals surface area contributed by atoms with Crippen molar-refractivity contribution in [2.24, 2.45) is 0 Å². The van der Waals surface area contributed by atoms with Gasteiger partial charge in [-0.05, 0) is 32.8 Å². The van der Waals surface area contributed by atoms with Crippen LogP contribution < -0.4 is 5.32 Å². The van der Waals surface area contributed by atoms with Gasteiger partial charge in [0.1, 0.15) is 5.60 Å². The van der Waals surface area contributed by atoms with Crippen molar-refractivity contribution in [3.63, 3.8) is 0 Å². The molecule has 0 bridgehead atoms. The summed E-state index contributed by atoms with van der Waals surface area (Å²) in [6.45, 7) is 5.95. The summed E-state index contributed by atoms with van der Waals surface area (Å²) in [5, 5.41) is 14.0. The van der Waals surface area contributed by atoms with Gasteiger partial charge in [-0.25, -0.2) is 4.79 Å². The molecule has 0 unspecified atom stereocenters. The van der Waals surface area contributed by atoms with Gasteiger partial charge in [-0.3, -0.25) is 10.1 Å². The fraction of sp³-hybridized carbons (Fsp3) is 0.462. The lowest BCUT2D eigenvalue weighted by Crippen LogP contribution is -2.24. The van der Waals surface area contributed by atoms with Crippen molar-refractivity contribution in [2.75, 3.05) is 11.9 Å². The highest BCUT2D eigenvalue weighted by atomic mass is 16.6. The standard InChI is InChI=1S/C13H16N2O4/c1-13(2,3)19-12(16)10-7-9(15(17)18)6-8-4-5-14-11(8)10/h6-7,14H,4-5H2,1-3H3. The summed E-state index contributed by atoms with van der Waals surface area (Å²) in [4.78, 5) is 22.5. The molecule has 0 amide bonds. The highest BCUT2D eigenvalue weighted by Gasteiger charge is 2.27. The third kappa shape index (κ3) is 2.83. The SMILES string of the molecule is CC(C)(C)OC(=O)c1cc([N+](=O)[O-])cc2c1NCC2. The van der Waals surface area contributed by atoms with Crippen molar-refractivity contribution in [1.82, 2.24) is 0 Å². The minimum atomic E-state index is -0.632. The Morgan fingerprint density at radius 2 is 2.11 bits per heavy atom. The summed E-state index contributed by atoms with van der Waals surface area (Å²) in [5.74, 6) is -0.540. The maximum absolute atomic E-state index is 12.1. The van der Waals surface area contributed by atoms with Gasteiger partial charge in [0.05, 0.1) is 16.2 Å². The predicted molar refractivity (Wildman–Crippen MR) is 70.5 cm³/mol. The second kappa shape index (κ2) is 4.53. The summed E-state index contributed by atoms with van der Waals surface area (Å²) in [5.41, 5.74) is 0.961. The van der Waals surface area contributed by atoms with Crippen LogP contribution in [0.3, 0.4) is 0 Å². The van der Waals surface area contributed by atoms with Crippen molar-refractivity contribution in [2.45, 2.75) is 32.8 Å². The molecule has 1 N–H and O–H groups in total. The Morgan fingerprint density at radius 3 is 2.68 bits per heavy atom. The van der Waals surface area contributed by atoms with E-state index in [2.05, 4.69) is 5.32 Å². The van der Waals surface area contributed by atoms with Crippen molar-refractivity contribution in [3.8, 4) is 0 Å². The molecule has 0 aromatic heterocycles. The van der Waals surface area contributed by atoms with E-state index >= 15 is 0 Å². The predicted octanol–water partition coefficient (Wildman–Crippen LogP) is 2.52. The first kappa shape index (κ1) is 13.3.